The van der Waals surface area contributed by atoms with Gasteiger partial charge < -0.3 is 24.0 Å². The maximum Gasteiger partial charge on any atom is 0.246 e. The molecular formula is C23H29N3O6S. The third kappa shape index (κ3) is 4.80. The van der Waals surface area contributed by atoms with E-state index >= 15 is 0 Å². The molecule has 9 nitrogen and oxygen atoms in total. The smallest absolute Gasteiger partial charge is 0.246 e. The number of amides is 1. The molecule has 0 radical (unpaired) electrons. The molecule has 0 spiro atoms. The number of hydrogen-bond donors (Lipinski definition) is 0. The molecule has 2 aliphatic rings. The van der Waals surface area contributed by atoms with Crippen LogP contribution >= 0.6 is 0 Å². The standard InChI is InChI=1S/C23H29N3O6S/c1-17(26(33(3,28)29)18-8-9-21-22(16-18)32-15-14-31-21)23(27)25-12-10-24(11-13-25)19-6-4-5-7-20(19)30-2/h4-9,16-17H,10-15H2,1-3H3/t17-/m0/s1. The van der Waals surface area contributed by atoms with Crippen molar-refractivity contribution in [3.63, 3.8) is 0 Å². The highest BCUT2D eigenvalue weighted by atomic mass is 32.2. The molecule has 0 bridgehead atoms. The fourth-order valence-electron chi connectivity index (χ4n) is 4.29. The molecule has 0 aliphatic carbocycles. The van der Waals surface area contributed by atoms with Gasteiger partial charge in [0.05, 0.1) is 24.7 Å². The molecule has 2 aliphatic heterocycles. The minimum atomic E-state index is -3.73. The minimum Gasteiger partial charge on any atom is -0.495 e. The lowest BCUT2D eigenvalue weighted by Gasteiger charge is -2.39. The fourth-order valence-corrected chi connectivity index (χ4v) is 5.46. The van der Waals surface area contributed by atoms with Gasteiger partial charge in [-0.3, -0.25) is 9.10 Å². The highest BCUT2D eigenvalue weighted by molar-refractivity contribution is 7.92. The first-order valence-electron chi connectivity index (χ1n) is 10.9. The lowest BCUT2D eigenvalue weighted by atomic mass is 10.2. The van der Waals surface area contributed by atoms with Gasteiger partial charge in [-0.25, -0.2) is 8.42 Å². The SMILES string of the molecule is COc1ccccc1N1CCN(C(=O)[C@H](C)N(c2ccc3c(c2)OCCO3)S(C)(=O)=O)CC1. The molecule has 0 aromatic heterocycles. The number of para-hydroxylation sites is 2. The van der Waals surface area contributed by atoms with Gasteiger partial charge in [0.1, 0.15) is 25.0 Å². The van der Waals surface area contributed by atoms with Gasteiger partial charge >= 0.3 is 0 Å². The quantitative estimate of drug-likeness (QED) is 0.631. The first-order valence-corrected chi connectivity index (χ1v) is 12.7. The van der Waals surface area contributed by atoms with Gasteiger partial charge in [0.25, 0.3) is 0 Å². The molecule has 4 rings (SSSR count). The summed E-state index contributed by atoms with van der Waals surface area (Å²) in [5.41, 5.74) is 1.35. The summed E-state index contributed by atoms with van der Waals surface area (Å²) in [7, 11) is -2.09. The van der Waals surface area contributed by atoms with Crippen molar-refractivity contribution < 1.29 is 27.4 Å². The zero-order valence-corrected chi connectivity index (χ0v) is 19.9. The fraction of sp³-hybridized carbons (Fsp3) is 0.435. The van der Waals surface area contributed by atoms with Crippen molar-refractivity contribution in [1.82, 2.24) is 4.90 Å². The van der Waals surface area contributed by atoms with Crippen LogP contribution in [0.5, 0.6) is 17.2 Å². The van der Waals surface area contributed by atoms with Gasteiger partial charge in [-0.1, -0.05) is 12.1 Å². The highest BCUT2D eigenvalue weighted by Crippen LogP contribution is 2.35. The van der Waals surface area contributed by atoms with Crippen molar-refractivity contribution in [3.05, 3.63) is 42.5 Å². The molecule has 2 aromatic rings. The van der Waals surface area contributed by atoms with Gasteiger partial charge in [-0.05, 0) is 31.2 Å². The van der Waals surface area contributed by atoms with Crippen LogP contribution in [-0.4, -0.2) is 78.0 Å². The molecule has 0 N–H and O–H groups in total. The van der Waals surface area contributed by atoms with Crippen LogP contribution in [0.4, 0.5) is 11.4 Å². The molecule has 1 fully saturated rings. The van der Waals surface area contributed by atoms with Crippen molar-refractivity contribution in [2.24, 2.45) is 0 Å². The Hall–Kier alpha value is -3.14. The van der Waals surface area contributed by atoms with Crippen LogP contribution in [0.25, 0.3) is 0 Å². The number of nitrogens with zero attached hydrogens (tertiary/aromatic N) is 3. The van der Waals surface area contributed by atoms with Gasteiger partial charge in [0.15, 0.2) is 11.5 Å². The monoisotopic (exact) mass is 475 g/mol. The van der Waals surface area contributed by atoms with Gasteiger partial charge in [0.2, 0.25) is 15.9 Å². The second-order valence-corrected chi connectivity index (χ2v) is 9.91. The van der Waals surface area contributed by atoms with Crippen LogP contribution in [-0.2, 0) is 14.8 Å². The van der Waals surface area contributed by atoms with E-state index in [1.54, 1.807) is 37.1 Å². The van der Waals surface area contributed by atoms with E-state index in [4.69, 9.17) is 14.2 Å². The van der Waals surface area contributed by atoms with Gasteiger partial charge in [0, 0.05) is 32.2 Å². The number of carbonyl (C=O) groups is 1. The number of piperazine rings is 1. The number of fused-ring (bicyclic) bond motifs is 1. The molecule has 2 heterocycles. The third-order valence-corrected chi connectivity index (χ3v) is 7.11. The number of hydrogen-bond acceptors (Lipinski definition) is 7. The van der Waals surface area contributed by atoms with Crippen LogP contribution in [0.3, 0.4) is 0 Å². The lowest BCUT2D eigenvalue weighted by molar-refractivity contribution is -0.132. The molecule has 178 valence electrons. The Kier molecular flexibility index (Phi) is 6.55. The zero-order valence-electron chi connectivity index (χ0n) is 19.1. The first kappa shape index (κ1) is 23.0. The summed E-state index contributed by atoms with van der Waals surface area (Å²) in [5, 5.41) is 0. The minimum absolute atomic E-state index is 0.241. The van der Waals surface area contributed by atoms with E-state index in [2.05, 4.69) is 4.90 Å². The Balaban J connectivity index is 1.50. The van der Waals surface area contributed by atoms with E-state index in [1.165, 1.54) is 0 Å². The molecular weight excluding hydrogens is 446 g/mol. The van der Waals surface area contributed by atoms with E-state index < -0.39 is 16.1 Å². The number of methoxy groups -OCH3 is 1. The highest BCUT2D eigenvalue weighted by Gasteiger charge is 2.34. The second-order valence-electron chi connectivity index (χ2n) is 8.05. The Morgan fingerprint density at radius 1 is 1.03 bits per heavy atom. The van der Waals surface area contributed by atoms with Crippen molar-refractivity contribution in [2.75, 3.05) is 62.0 Å². The summed E-state index contributed by atoms with van der Waals surface area (Å²) < 4.78 is 43.1. The molecule has 1 amide bonds. The summed E-state index contributed by atoms with van der Waals surface area (Å²) in [6.45, 7) is 4.67. The van der Waals surface area contributed by atoms with Crippen LogP contribution in [0, 0.1) is 0 Å². The summed E-state index contributed by atoms with van der Waals surface area (Å²) in [6.07, 6.45) is 1.10. The summed E-state index contributed by atoms with van der Waals surface area (Å²) in [4.78, 5) is 17.2. The molecule has 1 atom stereocenters. The van der Waals surface area contributed by atoms with E-state index in [0.717, 1.165) is 22.0 Å². The predicted octanol–water partition coefficient (Wildman–Crippen LogP) is 1.97. The maximum atomic E-state index is 13.3. The average Bonchev–Trinajstić information content (AvgIpc) is 2.82. The Morgan fingerprint density at radius 2 is 1.70 bits per heavy atom. The van der Waals surface area contributed by atoms with E-state index in [-0.39, 0.29) is 5.91 Å². The van der Waals surface area contributed by atoms with Crippen LogP contribution in [0.15, 0.2) is 42.5 Å². The van der Waals surface area contributed by atoms with E-state index in [9.17, 15) is 13.2 Å². The first-order chi connectivity index (χ1) is 15.8. The molecule has 0 saturated carbocycles. The van der Waals surface area contributed by atoms with Crippen molar-refractivity contribution >= 4 is 27.3 Å². The normalized spacial score (nSPS) is 16.8. The van der Waals surface area contributed by atoms with Crippen molar-refractivity contribution in [3.8, 4) is 17.2 Å². The zero-order chi connectivity index (χ0) is 23.6. The Labute approximate surface area is 194 Å². The largest absolute Gasteiger partial charge is 0.495 e. The van der Waals surface area contributed by atoms with Crippen LogP contribution in [0.1, 0.15) is 6.92 Å². The lowest BCUT2D eigenvalue weighted by Crippen LogP contribution is -2.55. The van der Waals surface area contributed by atoms with Crippen LogP contribution in [0.2, 0.25) is 0 Å². The third-order valence-electron chi connectivity index (χ3n) is 5.86. The average molecular weight is 476 g/mol. The number of rotatable bonds is 6. The number of ether oxygens (including phenoxy) is 3. The molecule has 33 heavy (non-hydrogen) atoms. The summed E-state index contributed by atoms with van der Waals surface area (Å²) >= 11 is 0. The van der Waals surface area contributed by atoms with Crippen molar-refractivity contribution in [1.29, 1.82) is 0 Å². The van der Waals surface area contributed by atoms with E-state index in [1.807, 2.05) is 24.3 Å². The molecule has 2 aromatic carbocycles. The number of benzene rings is 2. The van der Waals surface area contributed by atoms with Gasteiger partial charge in [-0.2, -0.15) is 0 Å². The molecule has 10 heteroatoms. The van der Waals surface area contributed by atoms with Crippen molar-refractivity contribution in [2.45, 2.75) is 13.0 Å². The number of anilines is 2. The summed E-state index contributed by atoms with van der Waals surface area (Å²) in [5.74, 6) is 1.57. The molecule has 1 saturated heterocycles. The van der Waals surface area contributed by atoms with Gasteiger partial charge in [-0.15, -0.1) is 0 Å². The number of carbonyl (C=O) groups excluding carboxylic acids is 1. The van der Waals surface area contributed by atoms with E-state index in [0.29, 0.717) is 56.6 Å². The maximum absolute atomic E-state index is 13.3. The molecule has 0 unspecified atom stereocenters. The number of sulfonamides is 1. The predicted molar refractivity (Wildman–Crippen MR) is 126 cm³/mol. The topological polar surface area (TPSA) is 88.6 Å². The summed E-state index contributed by atoms with van der Waals surface area (Å²) in [6, 6.07) is 11.8. The Morgan fingerprint density at radius 3 is 2.36 bits per heavy atom. The Bertz CT molecular complexity index is 1110. The van der Waals surface area contributed by atoms with Crippen LogP contribution < -0.4 is 23.4 Å². The second kappa shape index (κ2) is 9.38.